The Labute approximate surface area is 124 Å². The first-order valence-electron chi connectivity index (χ1n) is 6.09. The van der Waals surface area contributed by atoms with Crippen molar-refractivity contribution in [1.82, 2.24) is 10.1 Å². The van der Waals surface area contributed by atoms with Gasteiger partial charge in [-0.05, 0) is 42.3 Å². The normalized spacial score (nSPS) is 10.7. The summed E-state index contributed by atoms with van der Waals surface area (Å²) in [5.41, 5.74) is 10.5. The van der Waals surface area contributed by atoms with E-state index < -0.39 is 0 Å². The van der Waals surface area contributed by atoms with Crippen LogP contribution in [0.5, 0.6) is 0 Å². The first-order valence-corrected chi connectivity index (χ1v) is 6.88. The molecule has 2 N–H and O–H groups in total. The predicted octanol–water partition coefficient (Wildman–Crippen LogP) is 4.06. The highest BCUT2D eigenvalue weighted by Crippen LogP contribution is 2.37. The van der Waals surface area contributed by atoms with Crippen molar-refractivity contribution < 1.29 is 4.52 Å². The minimum absolute atomic E-state index is 0.313. The zero-order valence-corrected chi connectivity index (χ0v) is 12.4. The van der Waals surface area contributed by atoms with E-state index in [4.69, 9.17) is 10.3 Å². The summed E-state index contributed by atoms with van der Waals surface area (Å²) >= 11 is 3.46. The third-order valence-corrected chi connectivity index (χ3v) is 3.62. The molecule has 3 aromatic rings. The summed E-state index contributed by atoms with van der Waals surface area (Å²) in [7, 11) is 0. The van der Waals surface area contributed by atoms with E-state index in [1.165, 1.54) is 0 Å². The van der Waals surface area contributed by atoms with Gasteiger partial charge in [-0.25, -0.2) is 0 Å². The number of nitrogens with two attached hydrogens (primary N) is 1. The van der Waals surface area contributed by atoms with Gasteiger partial charge >= 0.3 is 0 Å². The van der Waals surface area contributed by atoms with Crippen molar-refractivity contribution in [1.29, 1.82) is 0 Å². The summed E-state index contributed by atoms with van der Waals surface area (Å²) in [6.07, 6.45) is 3.44. The van der Waals surface area contributed by atoms with Crippen molar-refractivity contribution in [3.05, 3.63) is 52.8 Å². The van der Waals surface area contributed by atoms with E-state index in [-0.39, 0.29) is 0 Å². The molecule has 0 saturated heterocycles. The molecule has 0 spiro atoms. The van der Waals surface area contributed by atoms with Crippen LogP contribution in [-0.4, -0.2) is 10.1 Å². The molecule has 1 aromatic carbocycles. The highest BCUT2D eigenvalue weighted by Gasteiger charge is 2.18. The molecule has 0 atom stereocenters. The van der Waals surface area contributed by atoms with Crippen LogP contribution in [0.15, 0.2) is 51.7 Å². The number of anilines is 1. The van der Waals surface area contributed by atoms with Crippen molar-refractivity contribution in [3.63, 3.8) is 0 Å². The van der Waals surface area contributed by atoms with E-state index in [2.05, 4.69) is 26.1 Å². The van der Waals surface area contributed by atoms with Crippen molar-refractivity contribution in [2.75, 3.05) is 5.73 Å². The molecule has 4 nitrogen and oxygen atoms in total. The van der Waals surface area contributed by atoms with Crippen molar-refractivity contribution in [3.8, 4) is 22.4 Å². The SMILES string of the molecule is Cc1cc(Br)ccc1-c1noc(N)c1-c1ccncc1. The molecular weight excluding hydrogens is 318 g/mol. The van der Waals surface area contributed by atoms with Crippen LogP contribution in [-0.2, 0) is 0 Å². The number of hydrogen-bond donors (Lipinski definition) is 1. The Morgan fingerprint density at radius 2 is 1.90 bits per heavy atom. The fourth-order valence-corrected chi connectivity index (χ4v) is 2.65. The maximum Gasteiger partial charge on any atom is 0.230 e. The Balaban J connectivity index is 2.21. The lowest BCUT2D eigenvalue weighted by atomic mass is 9.99. The Kier molecular flexibility index (Phi) is 3.28. The predicted molar refractivity (Wildman–Crippen MR) is 82.0 cm³/mol. The first-order chi connectivity index (χ1) is 9.66. The number of nitrogens with zero attached hydrogens (tertiary/aromatic N) is 2. The quantitative estimate of drug-likeness (QED) is 0.770. The molecular formula is C15H12BrN3O. The van der Waals surface area contributed by atoms with Gasteiger partial charge in [0.1, 0.15) is 5.69 Å². The van der Waals surface area contributed by atoms with Crippen LogP contribution in [0.3, 0.4) is 0 Å². The Bertz CT molecular complexity index is 753. The first kappa shape index (κ1) is 12.9. The van der Waals surface area contributed by atoms with Gasteiger partial charge in [-0.2, -0.15) is 0 Å². The lowest BCUT2D eigenvalue weighted by Crippen LogP contribution is -1.90. The summed E-state index contributed by atoms with van der Waals surface area (Å²) in [6, 6.07) is 9.79. The molecule has 5 heteroatoms. The smallest absolute Gasteiger partial charge is 0.230 e. The molecule has 0 amide bonds. The lowest BCUT2D eigenvalue weighted by Gasteiger charge is -2.06. The second kappa shape index (κ2) is 5.09. The number of nitrogen functional groups attached to an aromatic ring is 1. The summed E-state index contributed by atoms with van der Waals surface area (Å²) < 4.78 is 6.21. The Hall–Kier alpha value is -2.14. The minimum Gasteiger partial charge on any atom is -0.367 e. The number of benzene rings is 1. The van der Waals surface area contributed by atoms with Gasteiger partial charge < -0.3 is 10.3 Å². The Morgan fingerprint density at radius 3 is 2.60 bits per heavy atom. The fraction of sp³-hybridized carbons (Fsp3) is 0.0667. The maximum absolute atomic E-state index is 5.93. The van der Waals surface area contributed by atoms with Gasteiger partial charge in [0.25, 0.3) is 0 Å². The summed E-state index contributed by atoms with van der Waals surface area (Å²) in [4.78, 5) is 4.02. The fourth-order valence-electron chi connectivity index (χ4n) is 2.18. The van der Waals surface area contributed by atoms with E-state index in [1.54, 1.807) is 12.4 Å². The zero-order chi connectivity index (χ0) is 14.1. The van der Waals surface area contributed by atoms with Crippen molar-refractivity contribution in [2.45, 2.75) is 6.92 Å². The molecule has 3 rings (SSSR count). The third-order valence-electron chi connectivity index (χ3n) is 3.13. The number of aromatic nitrogens is 2. The molecule has 0 aliphatic carbocycles. The lowest BCUT2D eigenvalue weighted by molar-refractivity contribution is 0.439. The summed E-state index contributed by atoms with van der Waals surface area (Å²) in [6.45, 7) is 2.03. The van der Waals surface area contributed by atoms with Gasteiger partial charge in [-0.15, -0.1) is 0 Å². The van der Waals surface area contributed by atoms with Crippen LogP contribution in [0.2, 0.25) is 0 Å². The average molecular weight is 330 g/mol. The number of aryl methyl sites for hydroxylation is 1. The monoisotopic (exact) mass is 329 g/mol. The number of rotatable bonds is 2. The van der Waals surface area contributed by atoms with E-state index in [0.29, 0.717) is 5.88 Å². The molecule has 0 aliphatic rings. The topological polar surface area (TPSA) is 64.9 Å². The number of hydrogen-bond acceptors (Lipinski definition) is 4. The molecule has 100 valence electrons. The van der Waals surface area contributed by atoms with Gasteiger partial charge in [0.2, 0.25) is 5.88 Å². The minimum atomic E-state index is 0.313. The molecule has 2 aromatic heterocycles. The molecule has 20 heavy (non-hydrogen) atoms. The molecule has 2 heterocycles. The summed E-state index contributed by atoms with van der Waals surface area (Å²) in [5, 5.41) is 4.12. The highest BCUT2D eigenvalue weighted by molar-refractivity contribution is 9.10. The maximum atomic E-state index is 5.93. The molecule has 0 saturated carbocycles. The van der Waals surface area contributed by atoms with E-state index >= 15 is 0 Å². The molecule has 0 bridgehead atoms. The van der Waals surface area contributed by atoms with Gasteiger partial charge in [-0.1, -0.05) is 27.2 Å². The number of pyridine rings is 1. The molecule has 0 aliphatic heterocycles. The highest BCUT2D eigenvalue weighted by atomic mass is 79.9. The van der Waals surface area contributed by atoms with Gasteiger partial charge in [-0.3, -0.25) is 4.98 Å². The van der Waals surface area contributed by atoms with Crippen LogP contribution < -0.4 is 5.73 Å². The van der Waals surface area contributed by atoms with Crippen LogP contribution in [0.1, 0.15) is 5.56 Å². The van der Waals surface area contributed by atoms with Crippen LogP contribution >= 0.6 is 15.9 Å². The van der Waals surface area contributed by atoms with Gasteiger partial charge in [0.15, 0.2) is 0 Å². The van der Waals surface area contributed by atoms with Crippen LogP contribution in [0, 0.1) is 6.92 Å². The Morgan fingerprint density at radius 1 is 1.15 bits per heavy atom. The van der Waals surface area contributed by atoms with E-state index in [0.717, 1.165) is 32.4 Å². The largest absolute Gasteiger partial charge is 0.367 e. The average Bonchev–Trinajstić information content (AvgIpc) is 2.81. The van der Waals surface area contributed by atoms with Gasteiger partial charge in [0, 0.05) is 22.4 Å². The second-order valence-corrected chi connectivity index (χ2v) is 5.38. The molecule has 0 unspecified atom stereocenters. The van der Waals surface area contributed by atoms with Crippen LogP contribution in [0.4, 0.5) is 5.88 Å². The van der Waals surface area contributed by atoms with Crippen molar-refractivity contribution >= 4 is 21.8 Å². The molecule has 0 fully saturated rings. The standard InChI is InChI=1S/C15H12BrN3O/c1-9-8-11(16)2-3-12(9)14-13(15(17)20-19-14)10-4-6-18-7-5-10/h2-8H,17H2,1H3. The van der Waals surface area contributed by atoms with E-state index in [9.17, 15) is 0 Å². The van der Waals surface area contributed by atoms with Crippen molar-refractivity contribution in [2.24, 2.45) is 0 Å². The van der Waals surface area contributed by atoms with Crippen LogP contribution in [0.25, 0.3) is 22.4 Å². The second-order valence-electron chi connectivity index (χ2n) is 4.47. The summed E-state index contributed by atoms with van der Waals surface area (Å²) in [5.74, 6) is 0.313. The van der Waals surface area contributed by atoms with E-state index in [1.807, 2.05) is 37.3 Å². The molecule has 0 radical (unpaired) electrons. The van der Waals surface area contributed by atoms with Gasteiger partial charge in [0.05, 0.1) is 5.56 Å². The number of halogens is 1. The zero-order valence-electron chi connectivity index (χ0n) is 10.8. The third kappa shape index (κ3) is 2.20.